The summed E-state index contributed by atoms with van der Waals surface area (Å²) in [6.07, 6.45) is 0. The highest BCUT2D eigenvalue weighted by molar-refractivity contribution is 6.29. The van der Waals surface area contributed by atoms with Crippen molar-refractivity contribution in [2.75, 3.05) is 25.6 Å². The first-order chi connectivity index (χ1) is 10.2. The van der Waals surface area contributed by atoms with Gasteiger partial charge in [0.15, 0.2) is 0 Å². The average Bonchev–Trinajstić information content (AvgIpc) is 2.46. The van der Waals surface area contributed by atoms with Gasteiger partial charge in [0.2, 0.25) is 0 Å². The van der Waals surface area contributed by atoms with E-state index in [4.69, 9.17) is 21.1 Å². The summed E-state index contributed by atoms with van der Waals surface area (Å²) < 4.78 is 10.7. The Morgan fingerprint density at radius 1 is 1.19 bits per heavy atom. The molecule has 0 amide bonds. The van der Waals surface area contributed by atoms with Crippen molar-refractivity contribution < 1.29 is 9.47 Å². The van der Waals surface area contributed by atoms with Crippen molar-refractivity contribution in [3.63, 3.8) is 0 Å². The maximum absolute atomic E-state index is 5.86. The van der Waals surface area contributed by atoms with Crippen LogP contribution in [0.4, 0.5) is 5.82 Å². The number of ether oxygens (including phenoxy) is 2. The smallest absolute Gasteiger partial charge is 0.134 e. The van der Waals surface area contributed by atoms with Gasteiger partial charge in [-0.05, 0) is 24.6 Å². The summed E-state index contributed by atoms with van der Waals surface area (Å²) in [4.78, 5) is 8.24. The van der Waals surface area contributed by atoms with Crippen LogP contribution < -0.4 is 10.1 Å². The van der Waals surface area contributed by atoms with Crippen molar-refractivity contribution >= 4 is 17.4 Å². The van der Waals surface area contributed by atoms with Gasteiger partial charge in [0.1, 0.15) is 22.5 Å². The first kappa shape index (κ1) is 15.5. The van der Waals surface area contributed by atoms with Crippen molar-refractivity contribution in [1.29, 1.82) is 0 Å². The van der Waals surface area contributed by atoms with E-state index < -0.39 is 0 Å². The standard InChI is InChI=1S/C15H18ClN3O2/c1-11-18-14(16)9-15(19-11)17-7-8-21-10-12-3-5-13(20-2)6-4-12/h3-6,9H,7-8,10H2,1-2H3,(H,17,18,19). The molecule has 0 radical (unpaired) electrons. The highest BCUT2D eigenvalue weighted by Crippen LogP contribution is 2.12. The van der Waals surface area contributed by atoms with Crippen LogP contribution in [-0.2, 0) is 11.3 Å². The molecule has 0 aliphatic heterocycles. The topological polar surface area (TPSA) is 56.3 Å². The zero-order valence-electron chi connectivity index (χ0n) is 12.1. The second-order valence-corrected chi connectivity index (χ2v) is 4.84. The van der Waals surface area contributed by atoms with Gasteiger partial charge < -0.3 is 14.8 Å². The first-order valence-electron chi connectivity index (χ1n) is 6.63. The van der Waals surface area contributed by atoms with Crippen LogP contribution in [0.5, 0.6) is 5.75 Å². The second-order valence-electron chi connectivity index (χ2n) is 4.45. The van der Waals surface area contributed by atoms with Gasteiger partial charge in [-0.15, -0.1) is 0 Å². The third kappa shape index (κ3) is 5.21. The van der Waals surface area contributed by atoms with Crippen molar-refractivity contribution in [1.82, 2.24) is 9.97 Å². The predicted molar refractivity (Wildman–Crippen MR) is 82.9 cm³/mol. The van der Waals surface area contributed by atoms with E-state index in [1.165, 1.54) is 0 Å². The molecule has 0 saturated carbocycles. The molecule has 5 nitrogen and oxygen atoms in total. The molecule has 112 valence electrons. The molecular weight excluding hydrogens is 290 g/mol. The molecule has 0 spiro atoms. The van der Waals surface area contributed by atoms with Gasteiger partial charge in [0, 0.05) is 12.6 Å². The van der Waals surface area contributed by atoms with Crippen LogP contribution >= 0.6 is 11.6 Å². The molecule has 0 aliphatic carbocycles. The number of halogens is 1. The Bertz CT molecular complexity index is 555. The quantitative estimate of drug-likeness (QED) is 0.629. The fourth-order valence-electron chi connectivity index (χ4n) is 1.78. The summed E-state index contributed by atoms with van der Waals surface area (Å²) in [5, 5.41) is 3.58. The summed E-state index contributed by atoms with van der Waals surface area (Å²) in [5.74, 6) is 2.20. The number of benzene rings is 1. The van der Waals surface area contributed by atoms with E-state index in [-0.39, 0.29) is 0 Å². The minimum Gasteiger partial charge on any atom is -0.497 e. The zero-order valence-corrected chi connectivity index (χ0v) is 12.9. The lowest BCUT2D eigenvalue weighted by Gasteiger charge is -2.08. The third-order valence-electron chi connectivity index (χ3n) is 2.79. The SMILES string of the molecule is COc1ccc(COCCNc2cc(Cl)nc(C)n2)cc1. The summed E-state index contributed by atoms with van der Waals surface area (Å²) in [5.41, 5.74) is 1.11. The van der Waals surface area contributed by atoms with Gasteiger partial charge in [0.25, 0.3) is 0 Å². The Morgan fingerprint density at radius 3 is 2.62 bits per heavy atom. The zero-order chi connectivity index (χ0) is 15.1. The number of nitrogens with one attached hydrogen (secondary N) is 1. The Labute approximate surface area is 129 Å². The molecule has 0 aliphatic rings. The van der Waals surface area contributed by atoms with E-state index in [9.17, 15) is 0 Å². The molecule has 1 aromatic heterocycles. The normalized spacial score (nSPS) is 10.4. The highest BCUT2D eigenvalue weighted by atomic mass is 35.5. The number of hydrogen-bond donors (Lipinski definition) is 1. The predicted octanol–water partition coefficient (Wildman–Crippen LogP) is 3.08. The Morgan fingerprint density at radius 2 is 1.95 bits per heavy atom. The van der Waals surface area contributed by atoms with Gasteiger partial charge >= 0.3 is 0 Å². The van der Waals surface area contributed by atoms with Gasteiger partial charge in [0.05, 0.1) is 20.3 Å². The van der Waals surface area contributed by atoms with E-state index >= 15 is 0 Å². The van der Waals surface area contributed by atoms with Gasteiger partial charge in [-0.3, -0.25) is 0 Å². The van der Waals surface area contributed by atoms with E-state index in [0.717, 1.165) is 11.3 Å². The molecule has 6 heteroatoms. The van der Waals surface area contributed by atoms with E-state index in [2.05, 4.69) is 15.3 Å². The van der Waals surface area contributed by atoms with Crippen LogP contribution in [0.1, 0.15) is 11.4 Å². The summed E-state index contributed by atoms with van der Waals surface area (Å²) in [6.45, 7) is 3.60. The van der Waals surface area contributed by atoms with Crippen LogP contribution in [0, 0.1) is 6.92 Å². The van der Waals surface area contributed by atoms with Gasteiger partial charge in [-0.2, -0.15) is 0 Å². The molecule has 0 atom stereocenters. The molecule has 0 bridgehead atoms. The van der Waals surface area contributed by atoms with Crippen molar-refractivity contribution in [3.05, 3.63) is 46.9 Å². The summed E-state index contributed by atoms with van der Waals surface area (Å²) >= 11 is 5.86. The minimum absolute atomic E-state index is 0.434. The van der Waals surface area contributed by atoms with Crippen LogP contribution in [0.15, 0.2) is 30.3 Å². The fraction of sp³-hybridized carbons (Fsp3) is 0.333. The van der Waals surface area contributed by atoms with E-state index in [1.54, 1.807) is 20.1 Å². The number of nitrogens with zero attached hydrogens (tertiary/aromatic N) is 2. The molecule has 1 heterocycles. The lowest BCUT2D eigenvalue weighted by Crippen LogP contribution is -2.11. The molecule has 1 N–H and O–H groups in total. The second kappa shape index (κ2) is 7.81. The van der Waals surface area contributed by atoms with E-state index in [1.807, 2.05) is 24.3 Å². The Hall–Kier alpha value is -1.85. The number of aromatic nitrogens is 2. The van der Waals surface area contributed by atoms with E-state index in [0.29, 0.717) is 36.6 Å². The average molecular weight is 308 g/mol. The minimum atomic E-state index is 0.434. The number of hydrogen-bond acceptors (Lipinski definition) is 5. The first-order valence-corrected chi connectivity index (χ1v) is 7.01. The fourth-order valence-corrected chi connectivity index (χ4v) is 2.01. The largest absolute Gasteiger partial charge is 0.497 e. The summed E-state index contributed by atoms with van der Waals surface area (Å²) in [6, 6.07) is 9.50. The molecule has 2 aromatic rings. The maximum Gasteiger partial charge on any atom is 0.134 e. The van der Waals surface area contributed by atoms with Crippen LogP contribution in [0.3, 0.4) is 0 Å². The van der Waals surface area contributed by atoms with Crippen molar-refractivity contribution in [3.8, 4) is 5.75 Å². The van der Waals surface area contributed by atoms with Gasteiger partial charge in [-0.25, -0.2) is 9.97 Å². The molecule has 0 saturated heterocycles. The molecule has 21 heavy (non-hydrogen) atoms. The highest BCUT2D eigenvalue weighted by Gasteiger charge is 1.99. The Balaban J connectivity index is 1.69. The third-order valence-corrected chi connectivity index (χ3v) is 2.98. The van der Waals surface area contributed by atoms with Gasteiger partial charge in [-0.1, -0.05) is 23.7 Å². The number of anilines is 1. The molecule has 1 aromatic carbocycles. The summed E-state index contributed by atoms with van der Waals surface area (Å²) in [7, 11) is 1.65. The Kier molecular flexibility index (Phi) is 5.78. The van der Waals surface area contributed by atoms with Crippen LogP contribution in [0.25, 0.3) is 0 Å². The van der Waals surface area contributed by atoms with Crippen LogP contribution in [0.2, 0.25) is 5.15 Å². The van der Waals surface area contributed by atoms with Crippen LogP contribution in [-0.4, -0.2) is 30.2 Å². The van der Waals surface area contributed by atoms with Crippen molar-refractivity contribution in [2.24, 2.45) is 0 Å². The number of methoxy groups -OCH3 is 1. The lowest BCUT2D eigenvalue weighted by molar-refractivity contribution is 0.130. The molecule has 2 rings (SSSR count). The maximum atomic E-state index is 5.86. The molecule has 0 unspecified atom stereocenters. The molecular formula is C15H18ClN3O2. The molecule has 0 fully saturated rings. The number of rotatable bonds is 7. The number of aryl methyl sites for hydroxylation is 1. The van der Waals surface area contributed by atoms with Crippen molar-refractivity contribution in [2.45, 2.75) is 13.5 Å². The monoisotopic (exact) mass is 307 g/mol. The lowest BCUT2D eigenvalue weighted by atomic mass is 10.2.